The van der Waals surface area contributed by atoms with E-state index in [1.54, 1.807) is 0 Å². The van der Waals surface area contributed by atoms with Crippen molar-refractivity contribution in [3.8, 4) is 0 Å². The summed E-state index contributed by atoms with van der Waals surface area (Å²) in [6, 6.07) is 0. The fourth-order valence-corrected chi connectivity index (χ4v) is 3.33. The van der Waals surface area contributed by atoms with Gasteiger partial charge in [-0.2, -0.15) is 4.98 Å². The standard InChI is InChI=1S/C15H25N5O/c1-3-16-14(17-9-5-13-18-12(2)19-21-13)20-10-8-15(11-20)6-4-7-15/h3-11H2,1-2H3,(H,16,17). The lowest BCUT2D eigenvalue weighted by Crippen LogP contribution is -2.42. The van der Waals surface area contributed by atoms with Crippen LogP contribution in [0.4, 0.5) is 0 Å². The van der Waals surface area contributed by atoms with E-state index < -0.39 is 0 Å². The van der Waals surface area contributed by atoms with E-state index in [4.69, 9.17) is 9.52 Å². The van der Waals surface area contributed by atoms with Crippen molar-refractivity contribution < 1.29 is 4.52 Å². The van der Waals surface area contributed by atoms with E-state index in [1.807, 2.05) is 6.92 Å². The minimum atomic E-state index is 0.597. The van der Waals surface area contributed by atoms with Crippen molar-refractivity contribution in [1.82, 2.24) is 20.4 Å². The summed E-state index contributed by atoms with van der Waals surface area (Å²) in [5.41, 5.74) is 0.597. The van der Waals surface area contributed by atoms with Gasteiger partial charge in [-0.05, 0) is 38.5 Å². The Morgan fingerprint density at radius 3 is 2.86 bits per heavy atom. The molecule has 0 aromatic carbocycles. The predicted molar refractivity (Wildman–Crippen MR) is 81.2 cm³/mol. The summed E-state index contributed by atoms with van der Waals surface area (Å²) in [6.45, 7) is 7.84. The predicted octanol–water partition coefficient (Wildman–Crippen LogP) is 1.76. The number of aryl methyl sites for hydroxylation is 1. The highest BCUT2D eigenvalue weighted by molar-refractivity contribution is 5.80. The molecule has 0 bridgehead atoms. The van der Waals surface area contributed by atoms with Crippen LogP contribution in [-0.4, -0.2) is 47.2 Å². The van der Waals surface area contributed by atoms with Gasteiger partial charge in [-0.25, -0.2) is 0 Å². The van der Waals surface area contributed by atoms with Gasteiger partial charge in [-0.15, -0.1) is 0 Å². The van der Waals surface area contributed by atoms with Crippen LogP contribution in [0.2, 0.25) is 0 Å². The van der Waals surface area contributed by atoms with Gasteiger partial charge < -0.3 is 14.7 Å². The molecule has 21 heavy (non-hydrogen) atoms. The van der Waals surface area contributed by atoms with Crippen LogP contribution < -0.4 is 5.32 Å². The minimum Gasteiger partial charge on any atom is -0.357 e. The Kier molecular flexibility index (Phi) is 4.12. The molecule has 1 N–H and O–H groups in total. The van der Waals surface area contributed by atoms with Gasteiger partial charge >= 0.3 is 0 Å². The Labute approximate surface area is 126 Å². The minimum absolute atomic E-state index is 0.597. The number of nitrogens with zero attached hydrogens (tertiary/aromatic N) is 4. The van der Waals surface area contributed by atoms with Crippen molar-refractivity contribution in [1.29, 1.82) is 0 Å². The Bertz CT molecular complexity index is 506. The first kappa shape index (κ1) is 14.4. The van der Waals surface area contributed by atoms with Crippen LogP contribution in [0.5, 0.6) is 0 Å². The van der Waals surface area contributed by atoms with E-state index in [9.17, 15) is 0 Å². The summed E-state index contributed by atoms with van der Waals surface area (Å²) >= 11 is 0. The molecule has 1 aliphatic carbocycles. The largest absolute Gasteiger partial charge is 0.357 e. The van der Waals surface area contributed by atoms with Gasteiger partial charge in [0.2, 0.25) is 5.89 Å². The van der Waals surface area contributed by atoms with Crippen molar-refractivity contribution >= 4 is 5.96 Å². The van der Waals surface area contributed by atoms with E-state index in [0.717, 1.165) is 19.0 Å². The second-order valence-corrected chi connectivity index (χ2v) is 6.25. The molecule has 0 amide bonds. The molecule has 1 saturated carbocycles. The van der Waals surface area contributed by atoms with Gasteiger partial charge in [-0.1, -0.05) is 11.6 Å². The second kappa shape index (κ2) is 6.03. The van der Waals surface area contributed by atoms with Gasteiger partial charge in [0, 0.05) is 26.1 Å². The lowest BCUT2D eigenvalue weighted by Gasteiger charge is -2.38. The molecule has 1 saturated heterocycles. The highest BCUT2D eigenvalue weighted by Gasteiger charge is 2.43. The normalized spacial score (nSPS) is 20.9. The van der Waals surface area contributed by atoms with Crippen molar-refractivity contribution in [2.24, 2.45) is 10.4 Å². The third-order valence-electron chi connectivity index (χ3n) is 4.64. The molecule has 1 aromatic heterocycles. The molecule has 1 spiro atoms. The second-order valence-electron chi connectivity index (χ2n) is 6.25. The van der Waals surface area contributed by atoms with Crippen LogP contribution >= 0.6 is 0 Å². The van der Waals surface area contributed by atoms with Gasteiger partial charge in [0.15, 0.2) is 11.8 Å². The maximum atomic E-state index is 5.13. The molecule has 2 heterocycles. The first-order valence-corrected chi connectivity index (χ1v) is 8.03. The van der Waals surface area contributed by atoms with Gasteiger partial charge in [0.05, 0.1) is 6.54 Å². The molecule has 2 fully saturated rings. The van der Waals surface area contributed by atoms with Crippen LogP contribution in [0.15, 0.2) is 9.52 Å². The monoisotopic (exact) mass is 291 g/mol. The summed E-state index contributed by atoms with van der Waals surface area (Å²) in [6.07, 6.45) is 6.21. The molecule has 6 heteroatoms. The molecule has 1 aromatic rings. The number of guanidine groups is 1. The number of hydrogen-bond donors (Lipinski definition) is 1. The molecule has 0 atom stereocenters. The van der Waals surface area contributed by atoms with E-state index in [1.165, 1.54) is 32.2 Å². The van der Waals surface area contributed by atoms with Gasteiger partial charge in [-0.3, -0.25) is 4.99 Å². The number of aliphatic imine (C=N–C) groups is 1. The maximum absolute atomic E-state index is 5.13. The smallest absolute Gasteiger partial charge is 0.228 e. The Hall–Kier alpha value is -1.59. The van der Waals surface area contributed by atoms with E-state index in [0.29, 0.717) is 30.1 Å². The fraction of sp³-hybridized carbons (Fsp3) is 0.800. The lowest BCUT2D eigenvalue weighted by atomic mass is 9.68. The van der Waals surface area contributed by atoms with Crippen molar-refractivity contribution in [2.45, 2.75) is 46.0 Å². The summed E-state index contributed by atoms with van der Waals surface area (Å²) in [4.78, 5) is 11.4. The molecule has 6 nitrogen and oxygen atoms in total. The Morgan fingerprint density at radius 2 is 2.29 bits per heavy atom. The lowest BCUT2D eigenvalue weighted by molar-refractivity contribution is 0.151. The topological polar surface area (TPSA) is 66.5 Å². The number of rotatable bonds is 4. The number of nitrogens with one attached hydrogen (secondary N) is 1. The van der Waals surface area contributed by atoms with Crippen molar-refractivity contribution in [2.75, 3.05) is 26.2 Å². The third kappa shape index (κ3) is 3.19. The average Bonchev–Trinajstić information content (AvgIpc) is 3.04. The average molecular weight is 291 g/mol. The highest BCUT2D eigenvalue weighted by Crippen LogP contribution is 2.47. The summed E-state index contributed by atoms with van der Waals surface area (Å²) < 4.78 is 5.13. The van der Waals surface area contributed by atoms with E-state index in [2.05, 4.69) is 27.3 Å². The SMILES string of the molecule is CCNC(=NCCc1nc(C)no1)N1CCC2(CCC2)C1. The zero-order valence-corrected chi connectivity index (χ0v) is 13.1. The quantitative estimate of drug-likeness (QED) is 0.676. The first-order chi connectivity index (χ1) is 10.2. The third-order valence-corrected chi connectivity index (χ3v) is 4.64. The highest BCUT2D eigenvalue weighted by atomic mass is 16.5. The molecular formula is C15H25N5O. The van der Waals surface area contributed by atoms with Crippen LogP contribution in [0, 0.1) is 12.3 Å². The number of likely N-dealkylation sites (tertiary alicyclic amines) is 1. The fourth-order valence-electron chi connectivity index (χ4n) is 3.33. The van der Waals surface area contributed by atoms with Crippen LogP contribution in [0.1, 0.15) is 44.3 Å². The maximum Gasteiger partial charge on any atom is 0.228 e. The van der Waals surface area contributed by atoms with Crippen molar-refractivity contribution in [3.63, 3.8) is 0 Å². The van der Waals surface area contributed by atoms with Crippen LogP contribution in [0.3, 0.4) is 0 Å². The van der Waals surface area contributed by atoms with Crippen LogP contribution in [-0.2, 0) is 6.42 Å². The molecular weight excluding hydrogens is 266 g/mol. The van der Waals surface area contributed by atoms with Gasteiger partial charge in [0.1, 0.15) is 0 Å². The van der Waals surface area contributed by atoms with Gasteiger partial charge in [0.25, 0.3) is 0 Å². The molecule has 0 unspecified atom stereocenters. The van der Waals surface area contributed by atoms with E-state index >= 15 is 0 Å². The molecule has 2 aliphatic rings. The summed E-state index contributed by atoms with van der Waals surface area (Å²) in [5.74, 6) is 2.40. The zero-order chi connectivity index (χ0) is 14.7. The summed E-state index contributed by atoms with van der Waals surface area (Å²) in [5, 5.41) is 7.22. The Morgan fingerprint density at radius 1 is 1.43 bits per heavy atom. The number of aromatic nitrogens is 2. The number of hydrogen-bond acceptors (Lipinski definition) is 4. The van der Waals surface area contributed by atoms with Crippen molar-refractivity contribution in [3.05, 3.63) is 11.7 Å². The zero-order valence-electron chi connectivity index (χ0n) is 13.1. The molecule has 3 rings (SSSR count). The summed E-state index contributed by atoms with van der Waals surface area (Å²) in [7, 11) is 0. The van der Waals surface area contributed by atoms with Crippen LogP contribution in [0.25, 0.3) is 0 Å². The Balaban J connectivity index is 1.57. The van der Waals surface area contributed by atoms with E-state index in [-0.39, 0.29) is 0 Å². The first-order valence-electron chi connectivity index (χ1n) is 8.03. The molecule has 0 radical (unpaired) electrons. The molecule has 116 valence electrons. The molecule has 1 aliphatic heterocycles.